The lowest BCUT2D eigenvalue weighted by Gasteiger charge is -2.17. The Labute approximate surface area is 184 Å². The third kappa shape index (κ3) is 6.93. The van der Waals surface area contributed by atoms with E-state index in [9.17, 15) is 17.9 Å². The van der Waals surface area contributed by atoms with E-state index in [1.807, 2.05) is 6.92 Å². The van der Waals surface area contributed by atoms with Crippen LogP contribution in [0.2, 0.25) is 5.02 Å². The Morgan fingerprint density at radius 2 is 2.00 bits per heavy atom. The first-order valence-electron chi connectivity index (χ1n) is 9.36. The molecule has 2 atom stereocenters. The van der Waals surface area contributed by atoms with Crippen LogP contribution in [-0.2, 0) is 10.0 Å². The highest BCUT2D eigenvalue weighted by Gasteiger charge is 2.26. The molecule has 0 spiro atoms. The highest BCUT2D eigenvalue weighted by Crippen LogP contribution is 2.36. The number of aliphatic hydroxyl groups is 1. The van der Waals surface area contributed by atoms with Gasteiger partial charge in [0.25, 0.3) is 0 Å². The Morgan fingerprint density at radius 3 is 2.60 bits per heavy atom. The van der Waals surface area contributed by atoms with Crippen LogP contribution in [0.25, 0.3) is 0 Å². The zero-order valence-corrected chi connectivity index (χ0v) is 18.9. The molecule has 2 aromatic rings. The molecule has 0 saturated heterocycles. The number of thioether (sulfide) groups is 1. The second-order valence-electron chi connectivity index (χ2n) is 7.28. The number of benzene rings is 1. The van der Waals surface area contributed by atoms with Crippen molar-refractivity contribution in [2.24, 2.45) is 5.92 Å². The number of sulfonamides is 1. The molecule has 30 heavy (non-hydrogen) atoms. The van der Waals surface area contributed by atoms with Gasteiger partial charge >= 0.3 is 0 Å². The van der Waals surface area contributed by atoms with Crippen LogP contribution in [0.3, 0.4) is 0 Å². The van der Waals surface area contributed by atoms with E-state index < -0.39 is 15.8 Å². The molecule has 0 radical (unpaired) electrons. The fraction of sp³-hybridized carbons (Fsp3) is 0.500. The van der Waals surface area contributed by atoms with Gasteiger partial charge in [-0.1, -0.05) is 42.3 Å². The maximum absolute atomic E-state index is 13.8. The standard InChI is InChI=1S/C18H23ClFN5O3S2/c1-10(12-5-6-14(19)15(20)8-12)29-18-23-16(21-13(9-26)7-11-3-4-11)22-17(24-18)25-30(2,27)28/h5-6,8,10-11,13,26H,3-4,7,9H2,1-2H3,(H2,21,22,23,24,25)/t10?,13-/m1/s1. The SMILES string of the molecule is CC(Sc1nc(N[C@@H](CO)CC2CC2)nc(NS(C)(=O)=O)n1)c1ccc(Cl)c(F)c1. The summed E-state index contributed by atoms with van der Waals surface area (Å²) in [5, 5.41) is 12.7. The van der Waals surface area contributed by atoms with Gasteiger partial charge in [0, 0.05) is 5.25 Å². The molecule has 1 heterocycles. The van der Waals surface area contributed by atoms with Crippen molar-refractivity contribution in [3.63, 3.8) is 0 Å². The summed E-state index contributed by atoms with van der Waals surface area (Å²) in [6, 6.07) is 4.28. The molecule has 3 rings (SSSR count). The predicted molar refractivity (Wildman–Crippen MR) is 116 cm³/mol. The molecular formula is C18H23ClFN5O3S2. The number of nitrogens with one attached hydrogen (secondary N) is 2. The van der Waals surface area contributed by atoms with Crippen LogP contribution >= 0.6 is 23.4 Å². The lowest BCUT2D eigenvalue weighted by Crippen LogP contribution is -2.26. The summed E-state index contributed by atoms with van der Waals surface area (Å²) in [4.78, 5) is 12.6. The van der Waals surface area contributed by atoms with E-state index >= 15 is 0 Å². The molecular weight excluding hydrogens is 453 g/mol. The number of aliphatic hydroxyl groups excluding tert-OH is 1. The van der Waals surface area contributed by atoms with Gasteiger partial charge in [0.15, 0.2) is 5.16 Å². The second kappa shape index (κ2) is 9.63. The van der Waals surface area contributed by atoms with E-state index in [2.05, 4.69) is 25.0 Å². The highest BCUT2D eigenvalue weighted by atomic mass is 35.5. The van der Waals surface area contributed by atoms with Crippen molar-refractivity contribution in [1.29, 1.82) is 0 Å². The summed E-state index contributed by atoms with van der Waals surface area (Å²) in [5.41, 5.74) is 0.677. The zero-order valence-electron chi connectivity index (χ0n) is 16.5. The number of rotatable bonds is 10. The lowest BCUT2D eigenvalue weighted by molar-refractivity contribution is 0.264. The van der Waals surface area contributed by atoms with Gasteiger partial charge in [-0.2, -0.15) is 15.0 Å². The third-order valence-corrected chi connectivity index (χ3v) is 6.33. The van der Waals surface area contributed by atoms with Gasteiger partial charge in [0.2, 0.25) is 21.9 Å². The monoisotopic (exact) mass is 475 g/mol. The van der Waals surface area contributed by atoms with Crippen LogP contribution in [0, 0.1) is 11.7 Å². The average molecular weight is 476 g/mol. The zero-order chi connectivity index (χ0) is 21.9. The molecule has 1 aliphatic rings. The van der Waals surface area contributed by atoms with Gasteiger partial charge < -0.3 is 10.4 Å². The second-order valence-corrected chi connectivity index (χ2v) is 10.7. The van der Waals surface area contributed by atoms with Crippen LogP contribution < -0.4 is 10.0 Å². The van der Waals surface area contributed by atoms with Crippen molar-refractivity contribution in [2.75, 3.05) is 22.9 Å². The Morgan fingerprint density at radius 1 is 1.30 bits per heavy atom. The molecule has 0 aliphatic heterocycles. The fourth-order valence-corrected chi connectivity index (χ4v) is 4.21. The van der Waals surface area contributed by atoms with Gasteiger partial charge in [0.05, 0.1) is 23.9 Å². The minimum Gasteiger partial charge on any atom is -0.394 e. The molecule has 1 fully saturated rings. The minimum atomic E-state index is -3.60. The topological polar surface area (TPSA) is 117 Å². The number of hydrogen-bond acceptors (Lipinski definition) is 8. The Hall–Kier alpha value is -1.69. The molecule has 1 aromatic carbocycles. The molecule has 12 heteroatoms. The van der Waals surface area contributed by atoms with Crippen LogP contribution in [0.4, 0.5) is 16.3 Å². The van der Waals surface area contributed by atoms with Crippen LogP contribution in [-0.4, -0.2) is 47.4 Å². The maximum atomic E-state index is 13.8. The summed E-state index contributed by atoms with van der Waals surface area (Å²) >= 11 is 6.96. The van der Waals surface area contributed by atoms with Crippen molar-refractivity contribution in [3.05, 3.63) is 34.6 Å². The van der Waals surface area contributed by atoms with E-state index in [1.54, 1.807) is 6.07 Å². The van der Waals surface area contributed by atoms with Crippen molar-refractivity contribution in [2.45, 2.75) is 42.6 Å². The number of halogens is 2. The van der Waals surface area contributed by atoms with E-state index in [-0.39, 0.29) is 40.0 Å². The quantitative estimate of drug-likeness (QED) is 0.447. The van der Waals surface area contributed by atoms with Crippen LogP contribution in [0.5, 0.6) is 0 Å². The van der Waals surface area contributed by atoms with E-state index in [0.717, 1.165) is 25.5 Å². The lowest BCUT2D eigenvalue weighted by atomic mass is 10.1. The molecule has 0 bridgehead atoms. The average Bonchev–Trinajstić information content (AvgIpc) is 3.45. The van der Waals surface area contributed by atoms with Crippen molar-refractivity contribution in [1.82, 2.24) is 15.0 Å². The minimum absolute atomic E-state index is 0.0351. The Kier molecular flexibility index (Phi) is 7.38. The summed E-state index contributed by atoms with van der Waals surface area (Å²) < 4.78 is 39.3. The molecule has 8 nitrogen and oxygen atoms in total. The smallest absolute Gasteiger partial charge is 0.242 e. The van der Waals surface area contributed by atoms with Gasteiger partial charge in [0.1, 0.15) is 5.82 Å². The normalized spacial score (nSPS) is 16.2. The Balaban J connectivity index is 1.83. The van der Waals surface area contributed by atoms with Gasteiger partial charge in [-0.3, -0.25) is 4.72 Å². The number of nitrogens with zero attached hydrogens (tertiary/aromatic N) is 3. The summed E-state index contributed by atoms with van der Waals surface area (Å²) in [7, 11) is -3.60. The molecule has 1 saturated carbocycles. The van der Waals surface area contributed by atoms with E-state index in [1.165, 1.54) is 23.9 Å². The first-order chi connectivity index (χ1) is 14.1. The first kappa shape index (κ1) is 23.0. The summed E-state index contributed by atoms with van der Waals surface area (Å²) in [6.45, 7) is 1.75. The number of aromatic nitrogens is 3. The molecule has 1 aliphatic carbocycles. The third-order valence-electron chi connectivity index (χ3n) is 4.46. The predicted octanol–water partition coefficient (Wildman–Crippen LogP) is 3.46. The molecule has 164 valence electrons. The van der Waals surface area contributed by atoms with Crippen LogP contribution in [0.1, 0.15) is 37.0 Å². The molecule has 1 aromatic heterocycles. The number of anilines is 2. The summed E-state index contributed by atoms with van der Waals surface area (Å²) in [6.07, 6.45) is 4.04. The van der Waals surface area contributed by atoms with E-state index in [4.69, 9.17) is 11.6 Å². The van der Waals surface area contributed by atoms with Crippen molar-refractivity contribution >= 4 is 45.3 Å². The van der Waals surface area contributed by atoms with Crippen molar-refractivity contribution in [3.8, 4) is 0 Å². The Bertz CT molecular complexity index is 1010. The van der Waals surface area contributed by atoms with Crippen molar-refractivity contribution < 1.29 is 17.9 Å². The van der Waals surface area contributed by atoms with Gasteiger partial charge in [-0.25, -0.2) is 12.8 Å². The largest absolute Gasteiger partial charge is 0.394 e. The first-order valence-corrected chi connectivity index (χ1v) is 12.5. The molecule has 3 N–H and O–H groups in total. The number of hydrogen-bond donors (Lipinski definition) is 3. The fourth-order valence-electron chi connectivity index (χ4n) is 2.79. The summed E-state index contributed by atoms with van der Waals surface area (Å²) in [5.74, 6) is 0.0756. The van der Waals surface area contributed by atoms with Gasteiger partial charge in [-0.05, 0) is 37.0 Å². The highest BCUT2D eigenvalue weighted by molar-refractivity contribution is 7.99. The van der Waals surface area contributed by atoms with E-state index in [0.29, 0.717) is 11.5 Å². The molecule has 1 unspecified atom stereocenters. The maximum Gasteiger partial charge on any atom is 0.242 e. The molecule has 0 amide bonds. The van der Waals surface area contributed by atoms with Crippen LogP contribution in [0.15, 0.2) is 23.4 Å². The van der Waals surface area contributed by atoms with Gasteiger partial charge in [-0.15, -0.1) is 0 Å².